The van der Waals surface area contributed by atoms with Gasteiger partial charge in [0.25, 0.3) is 0 Å². The molecule has 0 bridgehead atoms. The molecule has 0 spiro atoms. The fourth-order valence-electron chi connectivity index (χ4n) is 2.42. The van der Waals surface area contributed by atoms with Crippen LogP contribution in [0.2, 0.25) is 0 Å². The predicted octanol–water partition coefficient (Wildman–Crippen LogP) is 2.67. The predicted molar refractivity (Wildman–Crippen MR) is 63.9 cm³/mol. The summed E-state index contributed by atoms with van der Waals surface area (Å²) in [5, 5.41) is 8.95. The first kappa shape index (κ1) is 12.1. The van der Waals surface area contributed by atoms with Crippen molar-refractivity contribution < 1.29 is 18.7 Å². The van der Waals surface area contributed by atoms with Crippen LogP contribution in [0.1, 0.15) is 31.0 Å². The van der Waals surface area contributed by atoms with Gasteiger partial charge in [0, 0.05) is 18.1 Å². The van der Waals surface area contributed by atoms with Gasteiger partial charge in [-0.05, 0) is 12.8 Å². The lowest BCUT2D eigenvalue weighted by atomic mass is 9.85. The lowest BCUT2D eigenvalue weighted by Gasteiger charge is -2.25. The number of carbonyl (C=O) groups is 1. The van der Waals surface area contributed by atoms with Crippen molar-refractivity contribution in [2.75, 3.05) is 0 Å². The highest BCUT2D eigenvalue weighted by atomic mass is 19.2. The molecule has 100 valence electrons. The molecule has 1 heterocycles. The molecule has 1 N–H and O–H groups in total. The molecule has 1 fully saturated rings. The van der Waals surface area contributed by atoms with E-state index in [1.165, 1.54) is 4.57 Å². The molecular weight excluding hydrogens is 254 g/mol. The van der Waals surface area contributed by atoms with Crippen LogP contribution in [0.15, 0.2) is 12.1 Å². The van der Waals surface area contributed by atoms with Gasteiger partial charge in [-0.1, -0.05) is 6.42 Å². The molecule has 6 heteroatoms. The summed E-state index contributed by atoms with van der Waals surface area (Å²) in [6, 6.07) is 2.04. The van der Waals surface area contributed by atoms with Gasteiger partial charge in [0.05, 0.1) is 11.0 Å². The molecule has 0 amide bonds. The molecule has 1 saturated carbocycles. The summed E-state index contributed by atoms with van der Waals surface area (Å²) in [5.74, 6) is -2.16. The van der Waals surface area contributed by atoms with Crippen molar-refractivity contribution in [2.45, 2.75) is 31.7 Å². The van der Waals surface area contributed by atoms with E-state index in [1.807, 2.05) is 0 Å². The SMILES string of the molecule is O=C(O)Cn1c(C2CCC2)nc2cc(F)c(F)cc21. The van der Waals surface area contributed by atoms with E-state index in [-0.39, 0.29) is 12.5 Å². The van der Waals surface area contributed by atoms with Crippen LogP contribution in [0.25, 0.3) is 11.0 Å². The third-order valence-electron chi connectivity index (χ3n) is 3.58. The fraction of sp³-hybridized carbons (Fsp3) is 0.385. The maximum absolute atomic E-state index is 13.3. The Morgan fingerprint density at radius 3 is 2.63 bits per heavy atom. The van der Waals surface area contributed by atoms with E-state index in [0.717, 1.165) is 31.4 Å². The molecule has 4 nitrogen and oxygen atoms in total. The highest BCUT2D eigenvalue weighted by Gasteiger charge is 2.27. The number of imidazole rings is 1. The minimum absolute atomic E-state index is 0.192. The number of nitrogens with zero attached hydrogens (tertiary/aromatic N) is 2. The molecule has 0 radical (unpaired) electrons. The molecule has 0 atom stereocenters. The van der Waals surface area contributed by atoms with Crippen LogP contribution in [0.5, 0.6) is 0 Å². The summed E-state index contributed by atoms with van der Waals surface area (Å²) < 4.78 is 28.0. The number of aromatic nitrogens is 2. The van der Waals surface area contributed by atoms with Gasteiger partial charge < -0.3 is 9.67 Å². The molecule has 0 unspecified atom stereocenters. The maximum atomic E-state index is 13.3. The second-order valence-corrected chi connectivity index (χ2v) is 4.83. The molecule has 1 aromatic heterocycles. The minimum atomic E-state index is -1.02. The Kier molecular flexibility index (Phi) is 2.73. The van der Waals surface area contributed by atoms with Gasteiger partial charge in [0.2, 0.25) is 0 Å². The Morgan fingerprint density at radius 2 is 2.05 bits per heavy atom. The molecule has 1 aromatic carbocycles. The average molecular weight is 266 g/mol. The summed E-state index contributed by atoms with van der Waals surface area (Å²) in [6.07, 6.45) is 2.95. The van der Waals surface area contributed by atoms with Crippen molar-refractivity contribution in [3.8, 4) is 0 Å². The Hall–Kier alpha value is -1.98. The zero-order valence-electron chi connectivity index (χ0n) is 10.1. The number of benzene rings is 1. The highest BCUT2D eigenvalue weighted by molar-refractivity contribution is 5.79. The van der Waals surface area contributed by atoms with Crippen LogP contribution in [0.4, 0.5) is 8.78 Å². The lowest BCUT2D eigenvalue weighted by Crippen LogP contribution is -2.18. The number of carboxylic acid groups (broad SMARTS) is 1. The van der Waals surface area contributed by atoms with Gasteiger partial charge in [-0.3, -0.25) is 4.79 Å². The van der Waals surface area contributed by atoms with E-state index < -0.39 is 17.6 Å². The van der Waals surface area contributed by atoms with Crippen LogP contribution in [0.3, 0.4) is 0 Å². The first-order chi connectivity index (χ1) is 9.06. The third kappa shape index (κ3) is 1.97. The zero-order chi connectivity index (χ0) is 13.6. The van der Waals surface area contributed by atoms with Gasteiger partial charge in [0.15, 0.2) is 11.6 Å². The number of halogens is 2. The summed E-state index contributed by atoms with van der Waals surface area (Å²) in [7, 11) is 0. The number of hydrogen-bond acceptors (Lipinski definition) is 2. The largest absolute Gasteiger partial charge is 0.480 e. The first-order valence-corrected chi connectivity index (χ1v) is 6.13. The normalized spacial score (nSPS) is 15.7. The number of carboxylic acids is 1. The lowest BCUT2D eigenvalue weighted by molar-refractivity contribution is -0.137. The van der Waals surface area contributed by atoms with E-state index in [4.69, 9.17) is 5.11 Å². The molecule has 2 aromatic rings. The second kappa shape index (κ2) is 4.29. The van der Waals surface area contributed by atoms with Crippen molar-refractivity contribution in [3.63, 3.8) is 0 Å². The number of rotatable bonds is 3. The Labute approximate surface area is 107 Å². The van der Waals surface area contributed by atoms with E-state index in [9.17, 15) is 13.6 Å². The maximum Gasteiger partial charge on any atom is 0.323 e. The molecule has 1 aliphatic rings. The van der Waals surface area contributed by atoms with Gasteiger partial charge in [-0.15, -0.1) is 0 Å². The molecule has 19 heavy (non-hydrogen) atoms. The first-order valence-electron chi connectivity index (χ1n) is 6.13. The highest BCUT2D eigenvalue weighted by Crippen LogP contribution is 2.37. The van der Waals surface area contributed by atoms with Crippen molar-refractivity contribution in [2.24, 2.45) is 0 Å². The van der Waals surface area contributed by atoms with Crippen molar-refractivity contribution >= 4 is 17.0 Å². The van der Waals surface area contributed by atoms with Crippen LogP contribution >= 0.6 is 0 Å². The number of fused-ring (bicyclic) bond motifs is 1. The third-order valence-corrected chi connectivity index (χ3v) is 3.58. The van der Waals surface area contributed by atoms with Gasteiger partial charge >= 0.3 is 5.97 Å². The molecule has 3 rings (SSSR count). The van der Waals surface area contributed by atoms with Crippen molar-refractivity contribution in [1.82, 2.24) is 9.55 Å². The van der Waals surface area contributed by atoms with Crippen molar-refractivity contribution in [1.29, 1.82) is 0 Å². The Morgan fingerprint density at radius 1 is 1.37 bits per heavy atom. The van der Waals surface area contributed by atoms with Crippen LogP contribution in [-0.4, -0.2) is 20.6 Å². The summed E-state index contributed by atoms with van der Waals surface area (Å²) >= 11 is 0. The van der Waals surface area contributed by atoms with Gasteiger partial charge in [-0.25, -0.2) is 13.8 Å². The van der Waals surface area contributed by atoms with Gasteiger partial charge in [-0.2, -0.15) is 0 Å². The minimum Gasteiger partial charge on any atom is -0.480 e. The molecule has 0 aliphatic heterocycles. The topological polar surface area (TPSA) is 55.1 Å². The zero-order valence-corrected chi connectivity index (χ0v) is 10.1. The van der Waals surface area contributed by atoms with Crippen LogP contribution < -0.4 is 0 Å². The second-order valence-electron chi connectivity index (χ2n) is 4.83. The van der Waals surface area contributed by atoms with E-state index in [1.54, 1.807) is 0 Å². The monoisotopic (exact) mass is 266 g/mol. The van der Waals surface area contributed by atoms with E-state index in [0.29, 0.717) is 16.9 Å². The standard InChI is InChI=1S/C13H12F2N2O2/c14-8-4-10-11(5-9(8)15)17(6-12(18)19)13(16-10)7-2-1-3-7/h4-5,7H,1-3,6H2,(H,18,19). The smallest absolute Gasteiger partial charge is 0.323 e. The van der Waals surface area contributed by atoms with Crippen LogP contribution in [0, 0.1) is 11.6 Å². The average Bonchev–Trinajstić information content (AvgIpc) is 2.55. The van der Waals surface area contributed by atoms with Gasteiger partial charge in [0.1, 0.15) is 12.4 Å². The van der Waals surface area contributed by atoms with E-state index >= 15 is 0 Å². The Bertz CT molecular complexity index is 662. The molecular formula is C13H12F2N2O2. The summed E-state index contributed by atoms with van der Waals surface area (Å²) in [4.78, 5) is 15.2. The van der Waals surface area contributed by atoms with E-state index in [2.05, 4.69) is 4.98 Å². The number of aliphatic carboxylic acids is 1. The molecule has 0 saturated heterocycles. The van der Waals surface area contributed by atoms with Crippen LogP contribution in [-0.2, 0) is 11.3 Å². The summed E-state index contributed by atoms with van der Waals surface area (Å²) in [6.45, 7) is -0.284. The Balaban J connectivity index is 2.19. The molecule has 1 aliphatic carbocycles. The van der Waals surface area contributed by atoms with Crippen molar-refractivity contribution in [3.05, 3.63) is 29.6 Å². The summed E-state index contributed by atoms with van der Waals surface area (Å²) in [5.41, 5.74) is 0.644. The fourth-order valence-corrected chi connectivity index (χ4v) is 2.42. The number of hydrogen-bond donors (Lipinski definition) is 1. The quantitative estimate of drug-likeness (QED) is 0.929.